The van der Waals surface area contributed by atoms with Gasteiger partial charge in [-0.25, -0.2) is 4.79 Å². The Balaban J connectivity index is 3.06. The molecule has 0 heterocycles. The van der Waals surface area contributed by atoms with E-state index in [1.165, 1.54) is 0 Å². The van der Waals surface area contributed by atoms with E-state index in [2.05, 4.69) is 5.32 Å². The number of hydrogen-bond acceptors (Lipinski definition) is 3. The second kappa shape index (κ2) is 5.17. The van der Waals surface area contributed by atoms with Crippen molar-refractivity contribution in [1.82, 2.24) is 5.32 Å². The third kappa shape index (κ3) is 2.82. The summed E-state index contributed by atoms with van der Waals surface area (Å²) in [6.07, 6.45) is 3.59. The fourth-order valence-corrected chi connectivity index (χ4v) is 1.28. The number of nitrogen functional groups attached to an aromatic ring is 1. The quantitative estimate of drug-likeness (QED) is 0.647. The van der Waals surface area contributed by atoms with Crippen LogP contribution in [0.4, 0.5) is 5.69 Å². The van der Waals surface area contributed by atoms with Gasteiger partial charge in [0.15, 0.2) is 0 Å². The Morgan fingerprint density at radius 2 is 2.33 bits per heavy atom. The highest BCUT2D eigenvalue weighted by Gasteiger charge is 2.10. The summed E-state index contributed by atoms with van der Waals surface area (Å²) in [5, 5.41) is 11.9. The molecule has 0 saturated carbocycles. The predicted octanol–water partition coefficient (Wildman–Crippen LogP) is 1.20. The van der Waals surface area contributed by atoms with Gasteiger partial charge in [0.25, 0.3) is 0 Å². The molecule has 0 unspecified atom stereocenters. The number of nitrogens with two attached hydrogens (primary N) is 1. The van der Waals surface area contributed by atoms with Gasteiger partial charge in [-0.2, -0.15) is 0 Å². The van der Waals surface area contributed by atoms with Crippen molar-refractivity contribution in [3.05, 3.63) is 35.4 Å². The van der Waals surface area contributed by atoms with Gasteiger partial charge in [0.2, 0.25) is 0 Å². The van der Waals surface area contributed by atoms with E-state index in [4.69, 9.17) is 10.8 Å². The van der Waals surface area contributed by atoms with Crippen LogP contribution in [0.15, 0.2) is 24.3 Å². The van der Waals surface area contributed by atoms with Crippen molar-refractivity contribution in [2.24, 2.45) is 0 Å². The zero-order valence-corrected chi connectivity index (χ0v) is 8.53. The highest BCUT2D eigenvalue weighted by Crippen LogP contribution is 2.18. The summed E-state index contributed by atoms with van der Waals surface area (Å²) in [6, 6.07) is 5.05. The summed E-state index contributed by atoms with van der Waals surface area (Å²) in [5.41, 5.74) is 6.66. The molecule has 0 aromatic heterocycles. The van der Waals surface area contributed by atoms with E-state index in [9.17, 15) is 4.79 Å². The fraction of sp³-hybridized carbons (Fsp3) is 0.182. The van der Waals surface area contributed by atoms with Crippen LogP contribution >= 0.6 is 0 Å². The molecule has 0 atom stereocenters. The number of carboxylic acids is 1. The predicted molar refractivity (Wildman–Crippen MR) is 60.8 cm³/mol. The molecule has 0 aliphatic heterocycles. The average Bonchev–Trinajstić information content (AvgIpc) is 2.17. The lowest BCUT2D eigenvalue weighted by Gasteiger charge is -2.04. The van der Waals surface area contributed by atoms with Gasteiger partial charge in [0.05, 0.1) is 5.56 Å². The molecule has 4 heteroatoms. The molecule has 0 spiro atoms. The Morgan fingerprint density at radius 1 is 1.60 bits per heavy atom. The number of carboxylic acid groups (broad SMARTS) is 1. The van der Waals surface area contributed by atoms with Crippen molar-refractivity contribution in [2.75, 3.05) is 19.3 Å². The van der Waals surface area contributed by atoms with Crippen molar-refractivity contribution in [3.8, 4) is 0 Å². The molecule has 4 nitrogen and oxygen atoms in total. The van der Waals surface area contributed by atoms with Crippen LogP contribution < -0.4 is 11.1 Å². The summed E-state index contributed by atoms with van der Waals surface area (Å²) in [6.45, 7) is 0.688. The molecule has 0 radical (unpaired) electrons. The first-order valence-corrected chi connectivity index (χ1v) is 4.59. The second-order valence-electron chi connectivity index (χ2n) is 3.08. The highest BCUT2D eigenvalue weighted by molar-refractivity contribution is 5.97. The van der Waals surface area contributed by atoms with Gasteiger partial charge in [-0.05, 0) is 18.7 Å². The molecule has 0 saturated heterocycles. The smallest absolute Gasteiger partial charge is 0.338 e. The minimum atomic E-state index is -1.00. The Kier molecular flexibility index (Phi) is 3.88. The first-order chi connectivity index (χ1) is 7.16. The standard InChI is InChI=1S/C11H14N2O2/c1-13-7-3-5-8-4-2-6-9(12)10(8)11(14)15/h2-6,13H,7,12H2,1H3,(H,14,15). The minimum Gasteiger partial charge on any atom is -0.478 e. The summed E-state index contributed by atoms with van der Waals surface area (Å²) < 4.78 is 0. The van der Waals surface area contributed by atoms with Gasteiger partial charge in [-0.15, -0.1) is 0 Å². The maximum absolute atomic E-state index is 10.9. The Morgan fingerprint density at radius 3 is 2.93 bits per heavy atom. The summed E-state index contributed by atoms with van der Waals surface area (Å²) in [7, 11) is 1.82. The third-order valence-electron chi connectivity index (χ3n) is 1.96. The Bertz CT molecular complexity index is 386. The molecule has 0 bridgehead atoms. The largest absolute Gasteiger partial charge is 0.478 e. The molecular formula is C11H14N2O2. The molecule has 15 heavy (non-hydrogen) atoms. The van der Waals surface area contributed by atoms with E-state index in [0.717, 1.165) is 0 Å². The summed E-state index contributed by atoms with van der Waals surface area (Å²) in [5.74, 6) is -1.00. The van der Waals surface area contributed by atoms with Gasteiger partial charge in [0.1, 0.15) is 0 Å². The number of likely N-dealkylation sites (N-methyl/N-ethyl adjacent to an activating group) is 1. The fourth-order valence-electron chi connectivity index (χ4n) is 1.28. The first-order valence-electron chi connectivity index (χ1n) is 4.59. The molecule has 1 aromatic carbocycles. The van der Waals surface area contributed by atoms with E-state index < -0.39 is 5.97 Å². The van der Waals surface area contributed by atoms with Gasteiger partial charge in [0, 0.05) is 12.2 Å². The summed E-state index contributed by atoms with van der Waals surface area (Å²) in [4.78, 5) is 10.9. The molecule has 0 aliphatic rings. The van der Waals surface area contributed by atoms with Crippen LogP contribution in [-0.2, 0) is 0 Å². The normalized spacial score (nSPS) is 10.7. The van der Waals surface area contributed by atoms with Crippen molar-refractivity contribution < 1.29 is 9.90 Å². The van der Waals surface area contributed by atoms with Crippen molar-refractivity contribution >= 4 is 17.7 Å². The van der Waals surface area contributed by atoms with Crippen LogP contribution in [0.25, 0.3) is 6.08 Å². The number of aromatic carboxylic acids is 1. The van der Waals surface area contributed by atoms with Gasteiger partial charge < -0.3 is 16.2 Å². The van der Waals surface area contributed by atoms with Gasteiger partial charge in [-0.1, -0.05) is 24.3 Å². The molecule has 0 aliphatic carbocycles. The second-order valence-corrected chi connectivity index (χ2v) is 3.08. The molecule has 80 valence electrons. The van der Waals surface area contributed by atoms with Crippen LogP contribution in [0.5, 0.6) is 0 Å². The van der Waals surface area contributed by atoms with E-state index in [0.29, 0.717) is 12.1 Å². The molecule has 0 fully saturated rings. The summed E-state index contributed by atoms with van der Waals surface area (Å²) >= 11 is 0. The lowest BCUT2D eigenvalue weighted by Crippen LogP contribution is -2.06. The van der Waals surface area contributed by atoms with E-state index >= 15 is 0 Å². The number of rotatable bonds is 4. The maximum Gasteiger partial charge on any atom is 0.338 e. The van der Waals surface area contributed by atoms with Crippen LogP contribution in [0, 0.1) is 0 Å². The maximum atomic E-state index is 10.9. The van der Waals surface area contributed by atoms with Crippen LogP contribution in [0.1, 0.15) is 15.9 Å². The van der Waals surface area contributed by atoms with Crippen molar-refractivity contribution in [2.45, 2.75) is 0 Å². The number of anilines is 1. The van der Waals surface area contributed by atoms with Crippen LogP contribution in [-0.4, -0.2) is 24.7 Å². The number of hydrogen-bond donors (Lipinski definition) is 3. The van der Waals surface area contributed by atoms with Gasteiger partial charge in [-0.3, -0.25) is 0 Å². The Labute approximate surface area is 88.4 Å². The van der Waals surface area contributed by atoms with Crippen LogP contribution in [0.3, 0.4) is 0 Å². The highest BCUT2D eigenvalue weighted by atomic mass is 16.4. The zero-order valence-electron chi connectivity index (χ0n) is 8.53. The van der Waals surface area contributed by atoms with E-state index in [-0.39, 0.29) is 11.3 Å². The average molecular weight is 206 g/mol. The first kappa shape index (κ1) is 11.3. The lowest BCUT2D eigenvalue weighted by molar-refractivity contribution is 0.0698. The Hall–Kier alpha value is -1.81. The molecule has 0 amide bonds. The topological polar surface area (TPSA) is 75.3 Å². The van der Waals surface area contributed by atoms with E-state index in [1.54, 1.807) is 24.3 Å². The molecule has 1 rings (SSSR count). The number of benzene rings is 1. The van der Waals surface area contributed by atoms with Crippen LogP contribution in [0.2, 0.25) is 0 Å². The third-order valence-corrected chi connectivity index (χ3v) is 1.96. The monoisotopic (exact) mass is 206 g/mol. The van der Waals surface area contributed by atoms with Crippen molar-refractivity contribution in [3.63, 3.8) is 0 Å². The van der Waals surface area contributed by atoms with E-state index in [1.807, 2.05) is 13.1 Å². The molecular weight excluding hydrogens is 192 g/mol. The number of carbonyl (C=O) groups is 1. The van der Waals surface area contributed by atoms with Gasteiger partial charge >= 0.3 is 5.97 Å². The zero-order chi connectivity index (χ0) is 11.3. The van der Waals surface area contributed by atoms with Crippen molar-refractivity contribution in [1.29, 1.82) is 0 Å². The molecule has 1 aromatic rings. The SMILES string of the molecule is CNCC=Cc1cccc(N)c1C(=O)O. The molecule has 4 N–H and O–H groups in total. The number of nitrogens with one attached hydrogen (secondary N) is 1. The lowest BCUT2D eigenvalue weighted by atomic mass is 10.1. The minimum absolute atomic E-state index is 0.157.